The summed E-state index contributed by atoms with van der Waals surface area (Å²) in [5.74, 6) is 1.68. The molecule has 0 saturated carbocycles. The molecule has 3 rings (SSSR count). The molecule has 2 aromatic heterocycles. The average Bonchev–Trinajstić information content (AvgIpc) is 2.97. The fraction of sp³-hybridized carbons (Fsp3) is 0.417. The molecule has 7 heteroatoms. The van der Waals surface area contributed by atoms with Crippen LogP contribution in [0, 0.1) is 0 Å². The molecule has 0 unspecified atom stereocenters. The number of nitrogens with one attached hydrogen (secondary N) is 1. The van der Waals surface area contributed by atoms with Crippen LogP contribution in [0.2, 0.25) is 0 Å². The number of carbonyl (C=O) groups is 1. The van der Waals surface area contributed by atoms with Crippen molar-refractivity contribution in [1.82, 2.24) is 20.4 Å². The molecule has 0 aliphatic carbocycles. The first-order valence-corrected chi connectivity index (χ1v) is 6.18. The van der Waals surface area contributed by atoms with Gasteiger partial charge in [-0.1, -0.05) is 5.16 Å². The molecule has 2 aromatic rings. The molecule has 100 valence electrons. The van der Waals surface area contributed by atoms with Crippen molar-refractivity contribution in [2.45, 2.75) is 12.8 Å². The van der Waals surface area contributed by atoms with Crippen LogP contribution in [0.1, 0.15) is 18.7 Å². The first-order valence-electron chi connectivity index (χ1n) is 6.18. The van der Waals surface area contributed by atoms with Gasteiger partial charge in [-0.05, 0) is 19.1 Å². The maximum atomic E-state index is 11.5. The number of likely N-dealkylation sites (tertiary alicyclic amines) is 1. The minimum Gasteiger partial charge on any atom is -0.461 e. The molecule has 1 N–H and O–H groups in total. The van der Waals surface area contributed by atoms with Gasteiger partial charge in [0.2, 0.25) is 11.7 Å². The number of aromatic nitrogens is 2. The Hall–Kier alpha value is -2.31. The van der Waals surface area contributed by atoms with Crippen LogP contribution in [0.15, 0.2) is 27.3 Å². The van der Waals surface area contributed by atoms with Crippen LogP contribution in [0.25, 0.3) is 11.6 Å². The van der Waals surface area contributed by atoms with Gasteiger partial charge in [0.1, 0.15) is 0 Å². The van der Waals surface area contributed by atoms with Gasteiger partial charge < -0.3 is 19.2 Å². The highest BCUT2D eigenvalue weighted by Gasteiger charge is 2.35. The quantitative estimate of drug-likeness (QED) is 0.905. The number of carbonyl (C=O) groups excluding carboxylic acids is 1. The van der Waals surface area contributed by atoms with Crippen molar-refractivity contribution in [3.8, 4) is 11.6 Å². The summed E-state index contributed by atoms with van der Waals surface area (Å²) in [4.78, 5) is 17.5. The fourth-order valence-electron chi connectivity index (χ4n) is 1.97. The monoisotopic (exact) mass is 262 g/mol. The van der Waals surface area contributed by atoms with Gasteiger partial charge >= 0.3 is 6.03 Å². The Bertz CT molecular complexity index is 557. The topological polar surface area (TPSA) is 84.4 Å². The molecule has 3 heterocycles. The zero-order valence-corrected chi connectivity index (χ0v) is 10.5. The van der Waals surface area contributed by atoms with E-state index in [1.54, 1.807) is 23.3 Å². The van der Waals surface area contributed by atoms with E-state index in [1.165, 1.54) is 0 Å². The Kier molecular flexibility index (Phi) is 2.94. The Morgan fingerprint density at radius 2 is 2.42 bits per heavy atom. The van der Waals surface area contributed by atoms with Crippen LogP contribution >= 0.6 is 0 Å². The summed E-state index contributed by atoms with van der Waals surface area (Å²) in [6.45, 7) is 3.73. The lowest BCUT2D eigenvalue weighted by Crippen LogP contribution is -2.52. The van der Waals surface area contributed by atoms with E-state index in [0.717, 1.165) is 0 Å². The molecular weight excluding hydrogens is 248 g/mol. The lowest BCUT2D eigenvalue weighted by atomic mass is 10.0. The summed E-state index contributed by atoms with van der Waals surface area (Å²) in [5.41, 5.74) is 0. The van der Waals surface area contributed by atoms with E-state index in [1.807, 2.05) is 6.92 Å². The fourth-order valence-corrected chi connectivity index (χ4v) is 1.97. The predicted octanol–water partition coefficient (Wildman–Crippen LogP) is 1.46. The third kappa shape index (κ3) is 2.18. The maximum Gasteiger partial charge on any atom is 0.317 e. The third-order valence-electron chi connectivity index (χ3n) is 3.03. The normalized spacial score (nSPS) is 15.3. The second-order valence-corrected chi connectivity index (χ2v) is 4.37. The summed E-state index contributed by atoms with van der Waals surface area (Å²) in [5, 5.41) is 6.62. The van der Waals surface area contributed by atoms with Crippen molar-refractivity contribution >= 4 is 6.03 Å². The number of urea groups is 1. The summed E-state index contributed by atoms with van der Waals surface area (Å²) in [6, 6.07) is 3.49. The highest BCUT2D eigenvalue weighted by atomic mass is 16.5. The molecule has 0 atom stereocenters. The number of furan rings is 1. The zero-order valence-electron chi connectivity index (χ0n) is 10.5. The molecule has 1 aliphatic rings. The summed E-state index contributed by atoms with van der Waals surface area (Å²) >= 11 is 0. The summed E-state index contributed by atoms with van der Waals surface area (Å²) in [7, 11) is 0. The van der Waals surface area contributed by atoms with Gasteiger partial charge in [-0.25, -0.2) is 4.79 Å². The Morgan fingerprint density at radius 3 is 3.11 bits per heavy atom. The van der Waals surface area contributed by atoms with Crippen molar-refractivity contribution in [2.75, 3.05) is 19.6 Å². The Morgan fingerprint density at radius 1 is 1.58 bits per heavy atom. The first kappa shape index (κ1) is 11.8. The average molecular weight is 262 g/mol. The maximum absolute atomic E-state index is 11.5. The highest BCUT2D eigenvalue weighted by Crippen LogP contribution is 2.27. The Labute approximate surface area is 109 Å². The SMILES string of the molecule is CCNC(=O)N1CC(c2nc(-c3ccco3)no2)C1. The lowest BCUT2D eigenvalue weighted by Gasteiger charge is -2.36. The van der Waals surface area contributed by atoms with Crippen molar-refractivity contribution < 1.29 is 13.7 Å². The number of nitrogens with zero attached hydrogens (tertiary/aromatic N) is 3. The van der Waals surface area contributed by atoms with Gasteiger partial charge in [0.05, 0.1) is 12.2 Å². The minimum atomic E-state index is -0.0514. The van der Waals surface area contributed by atoms with E-state index >= 15 is 0 Å². The largest absolute Gasteiger partial charge is 0.461 e. The van der Waals surface area contributed by atoms with Crippen molar-refractivity contribution in [2.24, 2.45) is 0 Å². The van der Waals surface area contributed by atoms with Crippen LogP contribution in [0.3, 0.4) is 0 Å². The molecule has 0 spiro atoms. The van der Waals surface area contributed by atoms with Gasteiger partial charge in [-0.3, -0.25) is 0 Å². The second kappa shape index (κ2) is 4.75. The molecular formula is C12H14N4O3. The molecule has 19 heavy (non-hydrogen) atoms. The molecule has 7 nitrogen and oxygen atoms in total. The second-order valence-electron chi connectivity index (χ2n) is 4.37. The number of hydrogen-bond donors (Lipinski definition) is 1. The van der Waals surface area contributed by atoms with Crippen LogP contribution in [-0.2, 0) is 0 Å². The number of hydrogen-bond acceptors (Lipinski definition) is 5. The Balaban J connectivity index is 1.62. The third-order valence-corrected chi connectivity index (χ3v) is 3.03. The number of amides is 2. The van der Waals surface area contributed by atoms with Crippen molar-refractivity contribution in [1.29, 1.82) is 0 Å². The molecule has 0 aromatic carbocycles. The van der Waals surface area contributed by atoms with Gasteiger partial charge in [-0.15, -0.1) is 0 Å². The van der Waals surface area contributed by atoms with Crippen LogP contribution in [0.4, 0.5) is 4.79 Å². The molecule has 1 saturated heterocycles. The lowest BCUT2D eigenvalue weighted by molar-refractivity contribution is 0.137. The van der Waals surface area contributed by atoms with Gasteiger partial charge in [-0.2, -0.15) is 4.98 Å². The molecule has 0 bridgehead atoms. The van der Waals surface area contributed by atoms with Gasteiger partial charge in [0.25, 0.3) is 0 Å². The van der Waals surface area contributed by atoms with Gasteiger partial charge in [0, 0.05) is 19.6 Å². The van der Waals surface area contributed by atoms with Crippen molar-refractivity contribution in [3.63, 3.8) is 0 Å². The van der Waals surface area contributed by atoms with E-state index < -0.39 is 0 Å². The van der Waals surface area contributed by atoms with Crippen molar-refractivity contribution in [3.05, 3.63) is 24.3 Å². The van der Waals surface area contributed by atoms with Crippen LogP contribution < -0.4 is 5.32 Å². The van der Waals surface area contributed by atoms with Crippen LogP contribution in [0.5, 0.6) is 0 Å². The van der Waals surface area contributed by atoms with E-state index in [-0.39, 0.29) is 11.9 Å². The first-order chi connectivity index (χ1) is 9.28. The van der Waals surface area contributed by atoms with E-state index in [2.05, 4.69) is 15.5 Å². The highest BCUT2D eigenvalue weighted by molar-refractivity contribution is 5.75. The smallest absolute Gasteiger partial charge is 0.317 e. The molecule has 2 amide bonds. The minimum absolute atomic E-state index is 0.0514. The molecule has 0 radical (unpaired) electrons. The van der Waals surface area contributed by atoms with E-state index in [4.69, 9.17) is 8.94 Å². The van der Waals surface area contributed by atoms with E-state index in [9.17, 15) is 4.79 Å². The number of rotatable bonds is 3. The predicted molar refractivity (Wildman–Crippen MR) is 65.4 cm³/mol. The zero-order chi connectivity index (χ0) is 13.2. The van der Waals surface area contributed by atoms with E-state index in [0.29, 0.717) is 37.1 Å². The van der Waals surface area contributed by atoms with Gasteiger partial charge in [0.15, 0.2) is 5.76 Å². The molecule has 1 aliphatic heterocycles. The molecule has 1 fully saturated rings. The summed E-state index contributed by atoms with van der Waals surface area (Å²) in [6.07, 6.45) is 1.56. The summed E-state index contributed by atoms with van der Waals surface area (Å²) < 4.78 is 10.4. The standard InChI is InChI=1S/C12H14N4O3/c1-2-13-12(17)16-6-8(7-16)11-14-10(15-19-11)9-4-3-5-18-9/h3-5,8H,2,6-7H2,1H3,(H,13,17). The van der Waals surface area contributed by atoms with Crippen LogP contribution in [-0.4, -0.2) is 40.7 Å².